The number of carbonyl (C=O) groups excluding carboxylic acids is 1. The first-order valence-corrected chi connectivity index (χ1v) is 8.40. The average molecular weight is 349 g/mol. The molecule has 0 bridgehead atoms. The van der Waals surface area contributed by atoms with Gasteiger partial charge in [-0.25, -0.2) is 4.39 Å². The first-order chi connectivity index (χ1) is 12.7. The molecule has 1 unspecified atom stereocenters. The minimum atomic E-state index is -0.350. The molecule has 0 heterocycles. The van der Waals surface area contributed by atoms with Crippen molar-refractivity contribution in [3.63, 3.8) is 0 Å². The van der Waals surface area contributed by atoms with Crippen LogP contribution in [0.5, 0.6) is 5.75 Å². The maximum Gasteiger partial charge on any atom is 0.165 e. The summed E-state index contributed by atoms with van der Waals surface area (Å²) in [6.07, 6.45) is 0.266. The van der Waals surface area contributed by atoms with Gasteiger partial charge in [-0.3, -0.25) is 4.79 Å². The van der Waals surface area contributed by atoms with Crippen molar-refractivity contribution >= 4 is 11.5 Å². The molecule has 0 aliphatic rings. The van der Waals surface area contributed by atoms with Crippen molar-refractivity contribution in [2.24, 2.45) is 0 Å². The van der Waals surface area contributed by atoms with Crippen molar-refractivity contribution in [3.8, 4) is 5.75 Å². The molecule has 4 heteroatoms. The second-order valence-electron chi connectivity index (χ2n) is 5.97. The number of methoxy groups -OCH3 is 1. The summed E-state index contributed by atoms with van der Waals surface area (Å²) in [5, 5.41) is 3.41. The van der Waals surface area contributed by atoms with Crippen LogP contribution in [0.4, 0.5) is 10.1 Å². The van der Waals surface area contributed by atoms with E-state index in [0.717, 1.165) is 17.0 Å². The number of Topliss-reactive ketones (excluding diaryl/α,β-unsaturated/α-hetero) is 1. The molecule has 0 aliphatic heterocycles. The van der Waals surface area contributed by atoms with E-state index >= 15 is 0 Å². The summed E-state index contributed by atoms with van der Waals surface area (Å²) in [6, 6.07) is 22.8. The quantitative estimate of drug-likeness (QED) is 0.591. The Morgan fingerprint density at radius 2 is 1.62 bits per heavy atom. The summed E-state index contributed by atoms with van der Waals surface area (Å²) >= 11 is 0. The zero-order valence-corrected chi connectivity index (χ0v) is 14.5. The fourth-order valence-corrected chi connectivity index (χ4v) is 2.77. The summed E-state index contributed by atoms with van der Waals surface area (Å²) in [5.74, 6) is 0.381. The molecule has 0 spiro atoms. The number of ether oxygens (including phenoxy) is 1. The minimum absolute atomic E-state index is 0.0418. The molecule has 0 fully saturated rings. The molecule has 3 rings (SSSR count). The molecule has 3 nitrogen and oxygen atoms in total. The largest absolute Gasteiger partial charge is 0.497 e. The summed E-state index contributed by atoms with van der Waals surface area (Å²) in [6.45, 7) is 0. The fraction of sp³-hybridized carbons (Fsp3) is 0.136. The molecule has 0 aliphatic carbocycles. The van der Waals surface area contributed by atoms with E-state index in [1.165, 1.54) is 24.3 Å². The number of ketones is 1. The van der Waals surface area contributed by atoms with Gasteiger partial charge < -0.3 is 10.1 Å². The highest BCUT2D eigenvalue weighted by Gasteiger charge is 2.17. The molecule has 0 saturated heterocycles. The highest BCUT2D eigenvalue weighted by molar-refractivity contribution is 5.96. The fourth-order valence-electron chi connectivity index (χ4n) is 2.77. The number of hydrogen-bond acceptors (Lipinski definition) is 3. The SMILES string of the molecule is COc1ccc(NC(CC(=O)c2ccc(F)cc2)c2ccccc2)cc1. The van der Waals surface area contributed by atoms with Gasteiger partial charge in [0, 0.05) is 17.7 Å². The van der Waals surface area contributed by atoms with E-state index in [-0.39, 0.29) is 24.1 Å². The van der Waals surface area contributed by atoms with Gasteiger partial charge in [0.05, 0.1) is 13.2 Å². The number of halogens is 1. The number of nitrogens with one attached hydrogen (secondary N) is 1. The Kier molecular flexibility index (Phi) is 5.64. The maximum atomic E-state index is 13.1. The van der Waals surface area contributed by atoms with Gasteiger partial charge in [0.15, 0.2) is 5.78 Å². The first-order valence-electron chi connectivity index (χ1n) is 8.40. The maximum absolute atomic E-state index is 13.1. The Hall–Kier alpha value is -3.14. The van der Waals surface area contributed by atoms with Crippen LogP contribution in [-0.2, 0) is 0 Å². The zero-order valence-electron chi connectivity index (χ0n) is 14.5. The van der Waals surface area contributed by atoms with Gasteiger partial charge in [-0.1, -0.05) is 30.3 Å². The van der Waals surface area contributed by atoms with Gasteiger partial charge in [-0.05, 0) is 54.1 Å². The highest BCUT2D eigenvalue weighted by atomic mass is 19.1. The number of benzene rings is 3. The number of rotatable bonds is 7. The normalized spacial score (nSPS) is 11.6. The summed E-state index contributed by atoms with van der Waals surface area (Å²) in [7, 11) is 1.62. The van der Waals surface area contributed by atoms with Crippen LogP contribution in [0.1, 0.15) is 28.4 Å². The first kappa shape index (κ1) is 17.7. The molecule has 0 radical (unpaired) electrons. The Balaban J connectivity index is 1.81. The Labute approximate surface area is 152 Å². The number of hydrogen-bond donors (Lipinski definition) is 1. The molecule has 132 valence electrons. The van der Waals surface area contributed by atoms with Crippen LogP contribution in [0.15, 0.2) is 78.9 Å². The van der Waals surface area contributed by atoms with Gasteiger partial charge in [0.25, 0.3) is 0 Å². The third-order valence-electron chi connectivity index (χ3n) is 4.19. The highest BCUT2D eigenvalue weighted by Crippen LogP contribution is 2.25. The van der Waals surface area contributed by atoms with Gasteiger partial charge in [0.1, 0.15) is 11.6 Å². The lowest BCUT2D eigenvalue weighted by Crippen LogP contribution is -2.15. The van der Waals surface area contributed by atoms with Gasteiger partial charge in [0.2, 0.25) is 0 Å². The molecule has 1 N–H and O–H groups in total. The third-order valence-corrected chi connectivity index (χ3v) is 4.19. The van der Waals surface area contributed by atoms with Crippen LogP contribution in [0.25, 0.3) is 0 Å². The molecule has 3 aromatic rings. The Morgan fingerprint density at radius 1 is 0.962 bits per heavy atom. The van der Waals surface area contributed by atoms with Crippen molar-refractivity contribution in [1.82, 2.24) is 0 Å². The zero-order chi connectivity index (χ0) is 18.4. The predicted octanol–water partition coefficient (Wildman–Crippen LogP) is 5.26. The number of anilines is 1. The van der Waals surface area contributed by atoms with Crippen molar-refractivity contribution < 1.29 is 13.9 Å². The molecule has 0 aromatic heterocycles. The lowest BCUT2D eigenvalue weighted by atomic mass is 9.97. The number of carbonyl (C=O) groups is 1. The molecular weight excluding hydrogens is 329 g/mol. The van der Waals surface area contributed by atoms with E-state index in [4.69, 9.17) is 4.74 Å². The van der Waals surface area contributed by atoms with Gasteiger partial charge in [-0.15, -0.1) is 0 Å². The lowest BCUT2D eigenvalue weighted by Gasteiger charge is -2.20. The van der Waals surface area contributed by atoms with E-state index in [9.17, 15) is 9.18 Å². The smallest absolute Gasteiger partial charge is 0.165 e. The summed E-state index contributed by atoms with van der Waals surface area (Å²) in [4.78, 5) is 12.6. The van der Waals surface area contributed by atoms with Crippen LogP contribution in [-0.4, -0.2) is 12.9 Å². The van der Waals surface area contributed by atoms with Gasteiger partial charge >= 0.3 is 0 Å². The Bertz CT molecular complexity index is 846. The van der Waals surface area contributed by atoms with E-state index in [1.807, 2.05) is 54.6 Å². The van der Waals surface area contributed by atoms with E-state index in [1.54, 1.807) is 7.11 Å². The van der Waals surface area contributed by atoms with Crippen LogP contribution in [0, 0.1) is 5.82 Å². The topological polar surface area (TPSA) is 38.3 Å². The summed E-state index contributed by atoms with van der Waals surface area (Å²) in [5.41, 5.74) is 2.41. The van der Waals surface area contributed by atoms with Crippen LogP contribution >= 0.6 is 0 Å². The van der Waals surface area contributed by atoms with E-state index in [2.05, 4.69) is 5.32 Å². The molecule has 3 aromatic carbocycles. The van der Waals surface area contributed by atoms with E-state index in [0.29, 0.717) is 5.56 Å². The van der Waals surface area contributed by atoms with Gasteiger partial charge in [-0.2, -0.15) is 0 Å². The molecule has 0 amide bonds. The van der Waals surface area contributed by atoms with E-state index < -0.39 is 0 Å². The molecule has 26 heavy (non-hydrogen) atoms. The van der Waals surface area contributed by atoms with Crippen LogP contribution < -0.4 is 10.1 Å². The summed E-state index contributed by atoms with van der Waals surface area (Å²) < 4.78 is 18.3. The van der Waals surface area contributed by atoms with Crippen LogP contribution in [0.2, 0.25) is 0 Å². The second kappa shape index (κ2) is 8.30. The molecule has 1 atom stereocenters. The molecular formula is C22H20FNO2. The van der Waals surface area contributed by atoms with Crippen LogP contribution in [0.3, 0.4) is 0 Å². The standard InChI is InChI=1S/C22H20FNO2/c1-26-20-13-11-19(12-14-20)24-21(16-5-3-2-4-6-16)15-22(25)17-7-9-18(23)10-8-17/h2-14,21,24H,15H2,1H3. The monoisotopic (exact) mass is 349 g/mol. The average Bonchev–Trinajstić information content (AvgIpc) is 2.69. The third kappa shape index (κ3) is 4.48. The Morgan fingerprint density at radius 3 is 2.23 bits per heavy atom. The lowest BCUT2D eigenvalue weighted by molar-refractivity contribution is 0.0976. The second-order valence-corrected chi connectivity index (χ2v) is 5.97. The molecule has 0 saturated carbocycles. The minimum Gasteiger partial charge on any atom is -0.497 e. The predicted molar refractivity (Wildman–Crippen MR) is 101 cm³/mol. The van der Waals surface area contributed by atoms with Crippen molar-refractivity contribution in [2.45, 2.75) is 12.5 Å². The van der Waals surface area contributed by atoms with Crippen molar-refractivity contribution in [3.05, 3.63) is 95.8 Å². The van der Waals surface area contributed by atoms with Crippen molar-refractivity contribution in [1.29, 1.82) is 0 Å². The van der Waals surface area contributed by atoms with Crippen molar-refractivity contribution in [2.75, 3.05) is 12.4 Å².